The van der Waals surface area contributed by atoms with Gasteiger partial charge in [-0.3, -0.25) is 0 Å². The fraction of sp³-hybridized carbons (Fsp3) is 0.389. The monoisotopic (exact) mass is 349 g/mol. The highest BCUT2D eigenvalue weighted by atomic mass is 35.5. The van der Waals surface area contributed by atoms with Crippen LogP contribution in [0.2, 0.25) is 5.02 Å². The van der Waals surface area contributed by atoms with E-state index in [0.29, 0.717) is 17.4 Å². The third kappa shape index (κ3) is 3.32. The molecule has 1 aliphatic heterocycles. The zero-order chi connectivity index (χ0) is 17.3. The van der Waals surface area contributed by atoms with Crippen LogP contribution in [0.1, 0.15) is 11.5 Å². The molecule has 128 valence electrons. The summed E-state index contributed by atoms with van der Waals surface area (Å²) in [6, 6.07) is 9.67. The van der Waals surface area contributed by atoms with Gasteiger partial charge in [0.15, 0.2) is 11.6 Å². The van der Waals surface area contributed by atoms with Gasteiger partial charge in [-0.2, -0.15) is 0 Å². The Morgan fingerprint density at radius 3 is 2.54 bits per heavy atom. The molecule has 2 aromatic rings. The first-order chi connectivity index (χ1) is 11.5. The Morgan fingerprint density at radius 1 is 1.25 bits per heavy atom. The Morgan fingerprint density at radius 2 is 1.96 bits per heavy atom. The van der Waals surface area contributed by atoms with E-state index < -0.39 is 0 Å². The third-order valence-corrected chi connectivity index (χ3v) is 4.79. The van der Waals surface area contributed by atoms with Crippen LogP contribution in [0.25, 0.3) is 0 Å². The van der Waals surface area contributed by atoms with Crippen LogP contribution < -0.4 is 9.64 Å². The van der Waals surface area contributed by atoms with Gasteiger partial charge in [-0.15, -0.1) is 0 Å². The van der Waals surface area contributed by atoms with Gasteiger partial charge in [0, 0.05) is 31.2 Å². The maximum atomic E-state index is 14.2. The number of rotatable bonds is 4. The second-order valence-corrected chi connectivity index (χ2v) is 6.71. The van der Waals surface area contributed by atoms with Gasteiger partial charge in [0.25, 0.3) is 0 Å². The van der Waals surface area contributed by atoms with Gasteiger partial charge >= 0.3 is 0 Å². The van der Waals surface area contributed by atoms with Crippen molar-refractivity contribution in [2.75, 3.05) is 39.2 Å². The smallest absolute Gasteiger partial charge is 0.167 e. The highest BCUT2D eigenvalue weighted by Gasteiger charge is 2.36. The molecule has 0 amide bonds. The summed E-state index contributed by atoms with van der Waals surface area (Å²) in [5, 5.41) is 0.311. The average molecular weight is 350 g/mol. The molecule has 0 aliphatic carbocycles. The highest BCUT2D eigenvalue weighted by Crippen LogP contribution is 2.34. The van der Waals surface area contributed by atoms with E-state index in [4.69, 9.17) is 16.3 Å². The van der Waals surface area contributed by atoms with E-state index in [0.717, 1.165) is 12.3 Å². The molecule has 4 nitrogen and oxygen atoms in total. The van der Waals surface area contributed by atoms with Gasteiger partial charge < -0.3 is 14.5 Å². The summed E-state index contributed by atoms with van der Waals surface area (Å²) in [7, 11) is 5.76. The van der Waals surface area contributed by atoms with Crippen molar-refractivity contribution in [1.29, 1.82) is 0 Å². The summed E-state index contributed by atoms with van der Waals surface area (Å²) in [6.45, 7) is 1.43. The van der Waals surface area contributed by atoms with E-state index in [2.05, 4.69) is 36.1 Å². The van der Waals surface area contributed by atoms with Gasteiger partial charge in [-0.25, -0.2) is 9.37 Å². The number of hydrogen-bond acceptors (Lipinski definition) is 4. The minimum atomic E-state index is -0.379. The number of halogens is 2. The summed E-state index contributed by atoms with van der Waals surface area (Å²) in [5.41, 5.74) is 1.21. The quantitative estimate of drug-likeness (QED) is 0.845. The van der Waals surface area contributed by atoms with E-state index >= 15 is 0 Å². The number of methoxy groups -OCH3 is 1. The highest BCUT2D eigenvalue weighted by molar-refractivity contribution is 6.30. The van der Waals surface area contributed by atoms with Crippen molar-refractivity contribution in [3.8, 4) is 5.75 Å². The van der Waals surface area contributed by atoms with Crippen molar-refractivity contribution in [2.45, 2.75) is 12.0 Å². The predicted molar refractivity (Wildman–Crippen MR) is 94.6 cm³/mol. The number of aromatic nitrogens is 1. The third-order valence-electron chi connectivity index (χ3n) is 4.58. The van der Waals surface area contributed by atoms with Gasteiger partial charge in [0.1, 0.15) is 5.75 Å². The van der Waals surface area contributed by atoms with Crippen molar-refractivity contribution in [2.24, 2.45) is 0 Å². The summed E-state index contributed by atoms with van der Waals surface area (Å²) < 4.78 is 19.5. The lowest BCUT2D eigenvalue weighted by molar-refractivity contribution is 0.292. The molecule has 0 bridgehead atoms. The molecule has 0 radical (unpaired) electrons. The number of benzene rings is 1. The molecule has 1 aliphatic rings. The number of likely N-dealkylation sites (N-methyl/N-ethyl adjacent to an activating group) is 1. The van der Waals surface area contributed by atoms with Crippen LogP contribution in [-0.4, -0.2) is 50.2 Å². The van der Waals surface area contributed by atoms with Gasteiger partial charge in [0.05, 0.1) is 12.1 Å². The van der Waals surface area contributed by atoms with Gasteiger partial charge in [-0.1, -0.05) is 23.7 Å². The zero-order valence-corrected chi connectivity index (χ0v) is 14.8. The van der Waals surface area contributed by atoms with Crippen LogP contribution in [0, 0.1) is 5.82 Å². The van der Waals surface area contributed by atoms with E-state index in [1.807, 2.05) is 17.0 Å². The van der Waals surface area contributed by atoms with Gasteiger partial charge in [0.2, 0.25) is 0 Å². The summed E-state index contributed by atoms with van der Waals surface area (Å²) in [5.74, 6) is 1.08. The lowest BCUT2D eigenvalue weighted by atomic mass is 9.93. The predicted octanol–water partition coefficient (Wildman–Crippen LogP) is 3.42. The Bertz CT molecular complexity index is 708. The molecule has 3 rings (SSSR count). The lowest BCUT2D eigenvalue weighted by Crippen LogP contribution is -2.34. The van der Waals surface area contributed by atoms with E-state index in [1.54, 1.807) is 7.11 Å². The minimum absolute atomic E-state index is 0.266. The Labute approximate surface area is 146 Å². The molecule has 2 atom stereocenters. The van der Waals surface area contributed by atoms with Crippen LogP contribution in [0.4, 0.5) is 10.2 Å². The van der Waals surface area contributed by atoms with Crippen LogP contribution >= 0.6 is 11.6 Å². The fourth-order valence-electron chi connectivity index (χ4n) is 3.30. The maximum absolute atomic E-state index is 14.2. The molecule has 1 fully saturated rings. The molecular formula is C18H21ClFN3O. The second kappa shape index (κ2) is 6.95. The number of ether oxygens (including phenoxy) is 1. The Kier molecular flexibility index (Phi) is 4.92. The number of nitrogens with zero attached hydrogens (tertiary/aromatic N) is 3. The normalized spacial score (nSPS) is 20.7. The SMILES string of the molecule is COc1ccc(C2CN(c3ncc(Cl)cc3F)CC2N(C)C)cc1. The van der Waals surface area contributed by atoms with E-state index in [1.165, 1.54) is 17.8 Å². The largest absolute Gasteiger partial charge is 0.497 e. The van der Waals surface area contributed by atoms with E-state index in [9.17, 15) is 4.39 Å². The van der Waals surface area contributed by atoms with Crippen LogP contribution in [0.15, 0.2) is 36.5 Å². The van der Waals surface area contributed by atoms with Crippen molar-refractivity contribution in [3.63, 3.8) is 0 Å². The van der Waals surface area contributed by atoms with Crippen LogP contribution in [0.3, 0.4) is 0 Å². The molecule has 2 heterocycles. The maximum Gasteiger partial charge on any atom is 0.167 e. The van der Waals surface area contributed by atoms with Crippen molar-refractivity contribution in [1.82, 2.24) is 9.88 Å². The summed E-state index contributed by atoms with van der Waals surface area (Å²) in [6.07, 6.45) is 1.49. The Balaban J connectivity index is 1.88. The second-order valence-electron chi connectivity index (χ2n) is 6.27. The lowest BCUT2D eigenvalue weighted by Gasteiger charge is -2.25. The molecule has 1 saturated heterocycles. The molecule has 1 aromatic carbocycles. The first kappa shape index (κ1) is 17.0. The first-order valence-corrected chi connectivity index (χ1v) is 8.23. The molecule has 0 saturated carbocycles. The molecule has 6 heteroatoms. The Hall–Kier alpha value is -1.85. The number of hydrogen-bond donors (Lipinski definition) is 0. The molecular weight excluding hydrogens is 329 g/mol. The average Bonchev–Trinajstić information content (AvgIpc) is 3.00. The summed E-state index contributed by atoms with van der Waals surface area (Å²) >= 11 is 5.81. The minimum Gasteiger partial charge on any atom is -0.497 e. The number of anilines is 1. The topological polar surface area (TPSA) is 28.6 Å². The molecule has 0 spiro atoms. The van der Waals surface area contributed by atoms with Crippen molar-refractivity contribution < 1.29 is 9.13 Å². The first-order valence-electron chi connectivity index (χ1n) is 7.86. The van der Waals surface area contributed by atoms with Crippen molar-refractivity contribution in [3.05, 3.63) is 52.9 Å². The van der Waals surface area contributed by atoms with Crippen molar-refractivity contribution >= 4 is 17.4 Å². The molecule has 1 aromatic heterocycles. The standard InChI is InChI=1S/C18H21ClFN3O/c1-22(2)17-11-23(18-16(20)8-13(19)9-21-18)10-15(17)12-4-6-14(24-3)7-5-12/h4-9,15,17H,10-11H2,1-3H3. The number of pyridine rings is 1. The van der Waals surface area contributed by atoms with Crippen LogP contribution in [-0.2, 0) is 0 Å². The van der Waals surface area contributed by atoms with Gasteiger partial charge in [-0.05, 0) is 37.9 Å². The van der Waals surface area contributed by atoms with E-state index in [-0.39, 0.29) is 17.8 Å². The zero-order valence-electron chi connectivity index (χ0n) is 14.0. The molecule has 0 N–H and O–H groups in total. The molecule has 2 unspecified atom stereocenters. The fourth-order valence-corrected chi connectivity index (χ4v) is 3.45. The molecule has 24 heavy (non-hydrogen) atoms. The van der Waals surface area contributed by atoms with Crippen LogP contribution in [0.5, 0.6) is 5.75 Å². The summed E-state index contributed by atoms with van der Waals surface area (Å²) in [4.78, 5) is 8.36.